The fraction of sp³-hybridized carbons (Fsp3) is 0.478. The number of hydrogen-bond acceptors (Lipinski definition) is 5. The number of hydrogen-bond donors (Lipinski definition) is 5. The van der Waals surface area contributed by atoms with Crippen molar-refractivity contribution >= 4 is 34.4 Å². The molecule has 5 N–H and O–H groups in total. The van der Waals surface area contributed by atoms with Gasteiger partial charge in [-0.15, -0.1) is 0 Å². The van der Waals surface area contributed by atoms with Gasteiger partial charge in [0.1, 0.15) is 29.8 Å². The Labute approximate surface area is 194 Å². The third kappa shape index (κ3) is 6.16. The molecule has 9 nitrogen and oxygen atoms in total. The second kappa shape index (κ2) is 10.3. The van der Waals surface area contributed by atoms with Crippen molar-refractivity contribution < 1.29 is 33.1 Å². The first-order chi connectivity index (χ1) is 16.0. The Bertz CT molecular complexity index is 1090. The van der Waals surface area contributed by atoms with Crippen LogP contribution in [0.25, 0.3) is 10.9 Å². The molecule has 1 saturated heterocycles. The van der Waals surface area contributed by atoms with Crippen molar-refractivity contribution in [3.8, 4) is 0 Å². The van der Waals surface area contributed by atoms with Crippen LogP contribution in [0.4, 0.5) is 8.78 Å². The SMILES string of the molecule is CC(C)(F)CC(NC(=O)c1cc2cccc(F)c2[nH]1)C(=O)NC(C[C@@H]1CCNC1=O)C(=O)CO. The Kier molecular flexibility index (Phi) is 7.65. The van der Waals surface area contributed by atoms with Crippen molar-refractivity contribution in [2.45, 2.75) is 50.9 Å². The quantitative estimate of drug-likeness (QED) is 0.348. The van der Waals surface area contributed by atoms with E-state index in [9.17, 15) is 33.1 Å². The molecule has 11 heteroatoms. The minimum Gasteiger partial charge on any atom is -0.389 e. The Morgan fingerprint density at radius 1 is 1.24 bits per heavy atom. The zero-order valence-corrected chi connectivity index (χ0v) is 18.9. The lowest BCUT2D eigenvalue weighted by Gasteiger charge is -2.26. The maximum absolute atomic E-state index is 14.5. The van der Waals surface area contributed by atoms with Crippen molar-refractivity contribution in [2.24, 2.45) is 5.92 Å². The van der Waals surface area contributed by atoms with Crippen molar-refractivity contribution in [1.29, 1.82) is 0 Å². The van der Waals surface area contributed by atoms with Crippen LogP contribution in [0.5, 0.6) is 0 Å². The number of H-pyrrole nitrogens is 1. The van der Waals surface area contributed by atoms with Gasteiger partial charge in [0.05, 0.1) is 11.6 Å². The van der Waals surface area contributed by atoms with Crippen molar-refractivity contribution in [3.05, 3.63) is 35.8 Å². The normalized spacial score (nSPS) is 17.8. The second-order valence-corrected chi connectivity index (χ2v) is 9.03. The van der Waals surface area contributed by atoms with Gasteiger partial charge in [-0.2, -0.15) is 0 Å². The van der Waals surface area contributed by atoms with E-state index < -0.39 is 60.1 Å². The number of aliphatic hydroxyl groups excluding tert-OH is 1. The van der Waals surface area contributed by atoms with Gasteiger partial charge < -0.3 is 26.0 Å². The summed E-state index contributed by atoms with van der Waals surface area (Å²) in [6.07, 6.45) is 0.0274. The van der Waals surface area contributed by atoms with Gasteiger partial charge in [-0.25, -0.2) is 8.78 Å². The number of nitrogens with one attached hydrogen (secondary N) is 4. The Hall–Kier alpha value is -3.34. The first-order valence-corrected chi connectivity index (χ1v) is 11.0. The number of fused-ring (bicyclic) bond motifs is 1. The molecule has 1 aromatic carbocycles. The maximum Gasteiger partial charge on any atom is 0.268 e. The number of rotatable bonds is 10. The number of para-hydroxylation sites is 1. The highest BCUT2D eigenvalue weighted by Gasteiger charge is 2.35. The van der Waals surface area contributed by atoms with Crippen LogP contribution in [0, 0.1) is 11.7 Å². The second-order valence-electron chi connectivity index (χ2n) is 9.03. The van der Waals surface area contributed by atoms with Crippen LogP contribution in [-0.4, -0.2) is 64.5 Å². The van der Waals surface area contributed by atoms with Crippen molar-refractivity contribution in [3.63, 3.8) is 0 Å². The molecule has 1 aromatic heterocycles. The standard InChI is InChI=1S/C23H28F2N4O5/c1-23(2,25)10-17(29-21(33)16-8-12-4-3-5-14(24)19(12)27-16)22(34)28-15(18(31)11-30)9-13-6-7-26-20(13)32/h3-5,8,13,15,17,27,30H,6-7,9-11H2,1-2H3,(H,26,32)(H,28,34)(H,29,33)/t13-,15?,17?/m0/s1. The molecule has 2 aromatic rings. The highest BCUT2D eigenvalue weighted by Crippen LogP contribution is 2.21. The lowest BCUT2D eigenvalue weighted by molar-refractivity contribution is -0.132. The summed E-state index contributed by atoms with van der Waals surface area (Å²) in [4.78, 5) is 52.6. The molecule has 34 heavy (non-hydrogen) atoms. The molecular weight excluding hydrogens is 450 g/mol. The monoisotopic (exact) mass is 478 g/mol. The number of Topliss-reactive ketones (excluding diaryl/α,β-unsaturated/α-hetero) is 1. The molecule has 3 amide bonds. The Balaban J connectivity index is 1.78. The largest absolute Gasteiger partial charge is 0.389 e. The number of aromatic nitrogens is 1. The molecule has 2 heterocycles. The van der Waals surface area contributed by atoms with Crippen molar-refractivity contribution in [1.82, 2.24) is 20.9 Å². The van der Waals surface area contributed by atoms with E-state index in [2.05, 4.69) is 20.9 Å². The molecule has 0 bridgehead atoms. The van der Waals surface area contributed by atoms with Gasteiger partial charge >= 0.3 is 0 Å². The molecule has 0 aliphatic carbocycles. The van der Waals surface area contributed by atoms with E-state index in [-0.39, 0.29) is 23.5 Å². The number of aliphatic hydroxyl groups is 1. The van der Waals surface area contributed by atoms with Crippen LogP contribution in [0.15, 0.2) is 24.3 Å². The molecular formula is C23H28F2N4O5. The van der Waals surface area contributed by atoms with Crippen molar-refractivity contribution in [2.75, 3.05) is 13.2 Å². The molecule has 1 aliphatic rings. The van der Waals surface area contributed by atoms with E-state index in [1.807, 2.05) is 0 Å². The number of halogens is 2. The molecule has 3 atom stereocenters. The molecule has 1 aliphatic heterocycles. The van der Waals surface area contributed by atoms with Crippen LogP contribution in [0.3, 0.4) is 0 Å². The van der Waals surface area contributed by atoms with Crippen LogP contribution in [-0.2, 0) is 14.4 Å². The van der Waals surface area contributed by atoms with E-state index >= 15 is 0 Å². The zero-order chi connectivity index (χ0) is 25.0. The van der Waals surface area contributed by atoms with Gasteiger partial charge in [-0.05, 0) is 38.8 Å². The van der Waals surface area contributed by atoms with Gasteiger partial charge in [-0.3, -0.25) is 19.2 Å². The molecule has 0 radical (unpaired) electrons. The molecule has 0 saturated carbocycles. The number of carbonyl (C=O) groups excluding carboxylic acids is 4. The van der Waals surface area contributed by atoms with E-state index in [0.29, 0.717) is 18.4 Å². The average molecular weight is 478 g/mol. The summed E-state index contributed by atoms with van der Waals surface area (Å²) in [7, 11) is 0. The van der Waals surface area contributed by atoms with E-state index in [1.54, 1.807) is 6.07 Å². The highest BCUT2D eigenvalue weighted by atomic mass is 19.1. The fourth-order valence-corrected chi connectivity index (χ4v) is 3.98. The topological polar surface area (TPSA) is 140 Å². The van der Waals surface area contributed by atoms with E-state index in [4.69, 9.17) is 0 Å². The summed E-state index contributed by atoms with van der Waals surface area (Å²) in [6, 6.07) is 3.15. The third-order valence-corrected chi connectivity index (χ3v) is 5.71. The van der Waals surface area contributed by atoms with E-state index in [1.165, 1.54) is 32.0 Å². The number of ketones is 1. The average Bonchev–Trinajstić information content (AvgIpc) is 3.38. The summed E-state index contributed by atoms with van der Waals surface area (Å²) in [5, 5.41) is 17.3. The molecule has 0 spiro atoms. The minimum atomic E-state index is -1.86. The highest BCUT2D eigenvalue weighted by molar-refractivity contribution is 6.01. The lowest BCUT2D eigenvalue weighted by atomic mass is 9.94. The number of benzene rings is 1. The summed E-state index contributed by atoms with van der Waals surface area (Å²) < 4.78 is 28.4. The first kappa shape index (κ1) is 25.3. The van der Waals surface area contributed by atoms with E-state index in [0.717, 1.165) is 0 Å². The molecule has 2 unspecified atom stereocenters. The number of aromatic amines is 1. The Morgan fingerprint density at radius 2 is 1.97 bits per heavy atom. The van der Waals surface area contributed by atoms with Crippen LogP contribution in [0.2, 0.25) is 0 Å². The van der Waals surface area contributed by atoms with Crippen LogP contribution in [0.1, 0.15) is 43.6 Å². The van der Waals surface area contributed by atoms with Crippen LogP contribution < -0.4 is 16.0 Å². The number of alkyl halides is 1. The van der Waals surface area contributed by atoms with Gasteiger partial charge in [0.2, 0.25) is 11.8 Å². The maximum atomic E-state index is 14.5. The Morgan fingerprint density at radius 3 is 2.56 bits per heavy atom. The lowest BCUT2D eigenvalue weighted by Crippen LogP contribution is -2.54. The summed E-state index contributed by atoms with van der Waals surface area (Å²) in [6.45, 7) is 2.05. The zero-order valence-electron chi connectivity index (χ0n) is 18.9. The summed E-state index contributed by atoms with van der Waals surface area (Å²) in [5.74, 6) is -3.65. The predicted molar refractivity (Wildman–Crippen MR) is 119 cm³/mol. The minimum absolute atomic E-state index is 0.0276. The summed E-state index contributed by atoms with van der Waals surface area (Å²) >= 11 is 0. The molecule has 184 valence electrons. The smallest absolute Gasteiger partial charge is 0.268 e. The molecule has 3 rings (SSSR count). The van der Waals surface area contributed by atoms with Crippen LogP contribution >= 0.6 is 0 Å². The number of amides is 3. The van der Waals surface area contributed by atoms with Gasteiger partial charge in [0.25, 0.3) is 5.91 Å². The molecule has 1 fully saturated rings. The fourth-order valence-electron chi connectivity index (χ4n) is 3.98. The van der Waals surface area contributed by atoms with Gasteiger partial charge in [0, 0.05) is 24.3 Å². The predicted octanol–water partition coefficient (Wildman–Crippen LogP) is 1.12. The third-order valence-electron chi connectivity index (χ3n) is 5.71. The summed E-state index contributed by atoms with van der Waals surface area (Å²) in [5.41, 5.74) is -1.77. The first-order valence-electron chi connectivity index (χ1n) is 11.0. The number of carbonyl (C=O) groups is 4. The van der Waals surface area contributed by atoms with Gasteiger partial charge in [-0.1, -0.05) is 12.1 Å². The van der Waals surface area contributed by atoms with Gasteiger partial charge in [0.15, 0.2) is 5.78 Å².